The number of nitrogens with one attached hydrogen (secondary N) is 1. The number of benzene rings is 1. The van der Waals surface area contributed by atoms with Gasteiger partial charge in [0.25, 0.3) is 5.91 Å². The lowest BCUT2D eigenvalue weighted by molar-refractivity contribution is -0.143. The highest BCUT2D eigenvalue weighted by Gasteiger charge is 2.50. The largest absolute Gasteiger partial charge is 0.375 e. The molecule has 0 bridgehead atoms. The van der Waals surface area contributed by atoms with Crippen molar-refractivity contribution in [3.8, 4) is 0 Å². The summed E-state index contributed by atoms with van der Waals surface area (Å²) < 4.78 is 0. The van der Waals surface area contributed by atoms with Crippen molar-refractivity contribution >= 4 is 5.91 Å². The van der Waals surface area contributed by atoms with Gasteiger partial charge in [0.1, 0.15) is 0 Å². The lowest BCUT2D eigenvalue weighted by Gasteiger charge is -2.27. The van der Waals surface area contributed by atoms with E-state index >= 15 is 0 Å². The van der Waals surface area contributed by atoms with Crippen molar-refractivity contribution in [3.63, 3.8) is 0 Å². The van der Waals surface area contributed by atoms with Crippen LogP contribution in [0.15, 0.2) is 42.6 Å². The van der Waals surface area contributed by atoms with Gasteiger partial charge < -0.3 is 10.4 Å². The molecule has 0 spiro atoms. The van der Waals surface area contributed by atoms with E-state index in [1.54, 1.807) is 0 Å². The Balaban J connectivity index is 1.79. The van der Waals surface area contributed by atoms with E-state index in [-0.39, 0.29) is 11.8 Å². The zero-order chi connectivity index (χ0) is 16.4. The maximum absolute atomic E-state index is 12.7. The molecule has 1 amide bonds. The third kappa shape index (κ3) is 3.13. The van der Waals surface area contributed by atoms with Gasteiger partial charge in [0.05, 0.1) is 0 Å². The molecule has 2 N–H and O–H groups in total. The Morgan fingerprint density at radius 1 is 1.30 bits per heavy atom. The summed E-state index contributed by atoms with van der Waals surface area (Å²) >= 11 is 0. The molecule has 1 aliphatic rings. The SMILES string of the molecule is Cc1cnc(C)c(CNC(=O)C(O)(c2ccccc2)C2CC2)c1. The number of aromatic nitrogens is 1. The molecule has 120 valence electrons. The number of carbonyl (C=O) groups excluding carboxylic acids is 1. The molecule has 1 saturated carbocycles. The van der Waals surface area contributed by atoms with E-state index in [9.17, 15) is 9.90 Å². The summed E-state index contributed by atoms with van der Waals surface area (Å²) in [5, 5.41) is 14.0. The van der Waals surface area contributed by atoms with Gasteiger partial charge in [-0.2, -0.15) is 0 Å². The zero-order valence-corrected chi connectivity index (χ0v) is 13.5. The van der Waals surface area contributed by atoms with Crippen LogP contribution in [0.3, 0.4) is 0 Å². The van der Waals surface area contributed by atoms with E-state index in [4.69, 9.17) is 0 Å². The molecule has 1 atom stereocenters. The summed E-state index contributed by atoms with van der Waals surface area (Å²) in [7, 11) is 0. The van der Waals surface area contributed by atoms with Gasteiger partial charge in [0.2, 0.25) is 0 Å². The second-order valence-corrected chi connectivity index (χ2v) is 6.35. The van der Waals surface area contributed by atoms with Gasteiger partial charge in [-0.25, -0.2) is 0 Å². The van der Waals surface area contributed by atoms with Gasteiger partial charge >= 0.3 is 0 Å². The fourth-order valence-electron chi connectivity index (χ4n) is 2.93. The number of nitrogens with zero attached hydrogens (tertiary/aromatic N) is 1. The monoisotopic (exact) mass is 310 g/mol. The van der Waals surface area contributed by atoms with Crippen LogP contribution in [0.2, 0.25) is 0 Å². The quantitative estimate of drug-likeness (QED) is 0.892. The summed E-state index contributed by atoms with van der Waals surface area (Å²) in [5.74, 6) is -0.325. The topological polar surface area (TPSA) is 62.2 Å². The lowest BCUT2D eigenvalue weighted by Crippen LogP contribution is -2.46. The first kappa shape index (κ1) is 15.7. The van der Waals surface area contributed by atoms with Crippen LogP contribution in [0.5, 0.6) is 0 Å². The van der Waals surface area contributed by atoms with Crippen molar-refractivity contribution in [1.82, 2.24) is 10.3 Å². The number of aryl methyl sites for hydroxylation is 2. The number of hydrogen-bond donors (Lipinski definition) is 2. The van der Waals surface area contributed by atoms with Crippen LogP contribution >= 0.6 is 0 Å². The third-order valence-corrected chi connectivity index (χ3v) is 4.50. The molecule has 4 heteroatoms. The van der Waals surface area contributed by atoms with Crippen molar-refractivity contribution in [2.75, 3.05) is 0 Å². The van der Waals surface area contributed by atoms with Crippen LogP contribution in [0.1, 0.15) is 35.2 Å². The standard InChI is InChI=1S/C19H22N2O2/c1-13-10-15(14(2)20-11-13)12-21-18(22)19(23,17-8-9-17)16-6-4-3-5-7-16/h3-7,10-11,17,23H,8-9,12H2,1-2H3,(H,21,22). The van der Waals surface area contributed by atoms with Gasteiger partial charge in [-0.3, -0.25) is 9.78 Å². The summed E-state index contributed by atoms with van der Waals surface area (Å²) in [6.07, 6.45) is 3.57. The van der Waals surface area contributed by atoms with Gasteiger partial charge in [-0.1, -0.05) is 36.4 Å². The first-order valence-electron chi connectivity index (χ1n) is 8.00. The van der Waals surface area contributed by atoms with E-state index in [0.717, 1.165) is 29.7 Å². The van der Waals surface area contributed by atoms with Crippen LogP contribution in [0.4, 0.5) is 0 Å². The van der Waals surface area contributed by atoms with Crippen LogP contribution < -0.4 is 5.32 Å². The van der Waals surface area contributed by atoms with Crippen LogP contribution in [-0.4, -0.2) is 16.0 Å². The molecule has 4 nitrogen and oxygen atoms in total. The van der Waals surface area contributed by atoms with Crippen molar-refractivity contribution in [1.29, 1.82) is 0 Å². The van der Waals surface area contributed by atoms with Crippen molar-refractivity contribution in [3.05, 3.63) is 65.0 Å². The average molecular weight is 310 g/mol. The Bertz CT molecular complexity index is 711. The number of aliphatic hydroxyl groups is 1. The summed E-state index contributed by atoms with van der Waals surface area (Å²) in [4.78, 5) is 17.0. The molecule has 1 fully saturated rings. The van der Waals surface area contributed by atoms with E-state index in [0.29, 0.717) is 12.1 Å². The second-order valence-electron chi connectivity index (χ2n) is 6.35. The van der Waals surface area contributed by atoms with E-state index in [1.165, 1.54) is 0 Å². The maximum atomic E-state index is 12.7. The average Bonchev–Trinajstić information content (AvgIpc) is 3.40. The smallest absolute Gasteiger partial charge is 0.257 e. The van der Waals surface area contributed by atoms with Crippen LogP contribution in [0, 0.1) is 19.8 Å². The van der Waals surface area contributed by atoms with Gasteiger partial charge in [-0.05, 0) is 43.4 Å². The Kier molecular flexibility index (Phi) is 4.18. The van der Waals surface area contributed by atoms with Crippen LogP contribution in [-0.2, 0) is 16.9 Å². The van der Waals surface area contributed by atoms with Gasteiger partial charge in [0.15, 0.2) is 5.60 Å². The van der Waals surface area contributed by atoms with E-state index in [1.807, 2.05) is 56.4 Å². The molecule has 0 radical (unpaired) electrons. The van der Waals surface area contributed by atoms with Gasteiger partial charge in [-0.15, -0.1) is 0 Å². The van der Waals surface area contributed by atoms with E-state index < -0.39 is 5.60 Å². The number of pyridine rings is 1. The number of hydrogen-bond acceptors (Lipinski definition) is 3. The molecule has 23 heavy (non-hydrogen) atoms. The molecule has 1 aliphatic carbocycles. The van der Waals surface area contributed by atoms with Crippen molar-refractivity contribution in [2.24, 2.45) is 5.92 Å². The predicted molar refractivity (Wildman–Crippen MR) is 88.6 cm³/mol. The second kappa shape index (κ2) is 6.13. The highest BCUT2D eigenvalue weighted by molar-refractivity contribution is 5.87. The summed E-state index contributed by atoms with van der Waals surface area (Å²) in [5.41, 5.74) is 2.15. The zero-order valence-electron chi connectivity index (χ0n) is 13.5. The van der Waals surface area contributed by atoms with E-state index in [2.05, 4.69) is 10.3 Å². The molecular formula is C19H22N2O2. The normalized spacial score (nSPS) is 16.7. The Labute approximate surface area is 136 Å². The Morgan fingerprint density at radius 3 is 2.65 bits per heavy atom. The highest BCUT2D eigenvalue weighted by atomic mass is 16.3. The Morgan fingerprint density at radius 2 is 2.00 bits per heavy atom. The molecule has 1 aromatic carbocycles. The Hall–Kier alpha value is -2.20. The molecule has 2 aromatic rings. The molecule has 0 saturated heterocycles. The summed E-state index contributed by atoms with van der Waals surface area (Å²) in [6, 6.07) is 11.2. The minimum absolute atomic E-state index is 0.00151. The minimum Gasteiger partial charge on any atom is -0.375 e. The number of carbonyl (C=O) groups is 1. The predicted octanol–water partition coefficient (Wildman–Crippen LogP) is 2.61. The highest BCUT2D eigenvalue weighted by Crippen LogP contribution is 2.45. The molecule has 0 aliphatic heterocycles. The molecule has 1 heterocycles. The fraction of sp³-hybridized carbons (Fsp3) is 0.368. The fourth-order valence-corrected chi connectivity index (χ4v) is 2.93. The van der Waals surface area contributed by atoms with Crippen molar-refractivity contribution < 1.29 is 9.90 Å². The molecule has 3 rings (SSSR count). The van der Waals surface area contributed by atoms with Crippen molar-refractivity contribution in [2.45, 2.75) is 38.8 Å². The van der Waals surface area contributed by atoms with Crippen LogP contribution in [0.25, 0.3) is 0 Å². The number of rotatable bonds is 5. The lowest BCUT2D eigenvalue weighted by atomic mass is 9.87. The minimum atomic E-state index is -1.44. The third-order valence-electron chi connectivity index (χ3n) is 4.50. The first-order valence-corrected chi connectivity index (χ1v) is 8.00. The summed E-state index contributed by atoms with van der Waals surface area (Å²) in [6.45, 7) is 4.27. The molecular weight excluding hydrogens is 288 g/mol. The first-order chi connectivity index (χ1) is 11.0. The number of amides is 1. The molecule has 1 unspecified atom stereocenters. The van der Waals surface area contributed by atoms with Gasteiger partial charge in [0, 0.05) is 24.4 Å². The molecule has 1 aromatic heterocycles. The maximum Gasteiger partial charge on any atom is 0.257 e.